The first-order valence-electron chi connectivity index (χ1n) is 9.84. The van der Waals surface area contributed by atoms with Crippen molar-refractivity contribution >= 4 is 52.0 Å². The number of ketones is 1. The first-order valence-corrected chi connectivity index (χ1v) is 10.6. The van der Waals surface area contributed by atoms with Crippen LogP contribution in [0.2, 0.25) is 10.0 Å². The lowest BCUT2D eigenvalue weighted by Crippen LogP contribution is -2.12. The largest absolute Gasteiger partial charge is 0.507 e. The van der Waals surface area contributed by atoms with E-state index >= 15 is 0 Å². The van der Waals surface area contributed by atoms with Crippen molar-refractivity contribution in [1.82, 2.24) is 9.97 Å². The zero-order valence-electron chi connectivity index (χ0n) is 17.6. The normalized spacial score (nSPS) is 10.9. The Morgan fingerprint density at radius 3 is 2.32 bits per heavy atom. The average molecular weight is 499 g/mol. The van der Waals surface area contributed by atoms with Crippen LogP contribution in [-0.2, 0) is 11.2 Å². The topological polar surface area (TPSA) is 130 Å². The lowest BCUT2D eigenvalue weighted by atomic mass is 9.95. The second-order valence-corrected chi connectivity index (χ2v) is 8.18. The fraction of sp³-hybridized carbons (Fsp3) is 0.0833. The number of hydrogen-bond donors (Lipinski definition) is 3. The van der Waals surface area contributed by atoms with Crippen molar-refractivity contribution in [2.24, 2.45) is 0 Å². The third kappa shape index (κ3) is 4.46. The van der Waals surface area contributed by atoms with E-state index in [0.29, 0.717) is 38.0 Å². The Morgan fingerprint density at radius 2 is 1.68 bits per heavy atom. The standard InChI is InChI=1S/C24H16Cl2N2O6/c1-34-24(33)14-8-21(30)15(23(31)32)6-13(14)7-20(29)11-2-4-12(5-3-11)22-27-18-9-16(25)17(26)10-19(18)28-22/h2-6,8-10,30H,7H2,1H3,(H,27,28)(H,31,32). The number of fused-ring (bicyclic) bond motifs is 1. The number of aromatic hydroxyl groups is 1. The minimum Gasteiger partial charge on any atom is -0.507 e. The number of halogens is 2. The number of aromatic amines is 1. The number of Topliss-reactive ketones (excluding diaryl/α,β-unsaturated/α-hetero) is 1. The number of carbonyl (C=O) groups is 3. The van der Waals surface area contributed by atoms with Crippen molar-refractivity contribution in [2.75, 3.05) is 7.11 Å². The molecule has 1 heterocycles. The van der Waals surface area contributed by atoms with Crippen LogP contribution in [-0.4, -0.2) is 45.0 Å². The molecule has 0 fully saturated rings. The van der Waals surface area contributed by atoms with Crippen LogP contribution in [0.25, 0.3) is 22.4 Å². The summed E-state index contributed by atoms with van der Waals surface area (Å²) in [5, 5.41) is 20.0. The van der Waals surface area contributed by atoms with E-state index in [2.05, 4.69) is 14.7 Å². The Labute approximate surface area is 202 Å². The van der Waals surface area contributed by atoms with Crippen LogP contribution >= 0.6 is 23.2 Å². The Morgan fingerprint density at radius 1 is 1.00 bits per heavy atom. The molecule has 1 aromatic heterocycles. The maximum absolute atomic E-state index is 12.9. The molecule has 0 aliphatic carbocycles. The van der Waals surface area contributed by atoms with E-state index in [1.807, 2.05) is 0 Å². The molecule has 0 spiro atoms. The minimum absolute atomic E-state index is 0.0884. The number of carboxylic acids is 1. The van der Waals surface area contributed by atoms with E-state index < -0.39 is 23.3 Å². The number of carbonyl (C=O) groups excluding carboxylic acids is 2. The van der Waals surface area contributed by atoms with E-state index in [1.165, 1.54) is 0 Å². The van der Waals surface area contributed by atoms with E-state index in [4.69, 9.17) is 23.2 Å². The van der Waals surface area contributed by atoms with Gasteiger partial charge in [0.25, 0.3) is 0 Å². The van der Waals surface area contributed by atoms with Gasteiger partial charge in [0.1, 0.15) is 17.1 Å². The van der Waals surface area contributed by atoms with Gasteiger partial charge < -0.3 is 19.9 Å². The highest BCUT2D eigenvalue weighted by atomic mass is 35.5. The van der Waals surface area contributed by atoms with E-state index in [-0.39, 0.29) is 23.3 Å². The summed E-state index contributed by atoms with van der Waals surface area (Å²) >= 11 is 12.1. The van der Waals surface area contributed by atoms with Gasteiger partial charge in [-0.1, -0.05) is 47.5 Å². The SMILES string of the molecule is COC(=O)c1cc(O)c(C(=O)O)cc1CC(=O)c1ccc(-c2nc3cc(Cl)c(Cl)cc3[nH]2)cc1. The predicted octanol–water partition coefficient (Wildman–Crippen LogP) is 5.15. The van der Waals surface area contributed by atoms with Crippen LogP contribution in [0.5, 0.6) is 5.75 Å². The quantitative estimate of drug-likeness (QED) is 0.247. The molecule has 10 heteroatoms. The highest BCUT2D eigenvalue weighted by Gasteiger charge is 2.21. The van der Waals surface area contributed by atoms with Crippen LogP contribution in [0.3, 0.4) is 0 Å². The van der Waals surface area contributed by atoms with Gasteiger partial charge in [-0.2, -0.15) is 0 Å². The van der Waals surface area contributed by atoms with Crippen LogP contribution in [0.15, 0.2) is 48.5 Å². The van der Waals surface area contributed by atoms with Crippen LogP contribution in [0, 0.1) is 0 Å². The lowest BCUT2D eigenvalue weighted by Gasteiger charge is -2.11. The summed E-state index contributed by atoms with van der Waals surface area (Å²) in [5.41, 5.74) is 2.02. The molecular formula is C24H16Cl2N2O6. The molecule has 34 heavy (non-hydrogen) atoms. The number of nitrogens with one attached hydrogen (secondary N) is 1. The van der Waals surface area contributed by atoms with Crippen LogP contribution < -0.4 is 0 Å². The van der Waals surface area contributed by atoms with Gasteiger partial charge in [-0.05, 0) is 29.8 Å². The van der Waals surface area contributed by atoms with Gasteiger partial charge in [-0.25, -0.2) is 14.6 Å². The smallest absolute Gasteiger partial charge is 0.339 e. The minimum atomic E-state index is -1.39. The first-order chi connectivity index (χ1) is 16.2. The molecule has 0 radical (unpaired) electrons. The summed E-state index contributed by atoms with van der Waals surface area (Å²) in [5.74, 6) is -2.58. The summed E-state index contributed by atoms with van der Waals surface area (Å²) < 4.78 is 4.69. The van der Waals surface area contributed by atoms with Gasteiger partial charge in [0.15, 0.2) is 5.78 Å². The van der Waals surface area contributed by atoms with Crippen molar-refractivity contribution in [3.63, 3.8) is 0 Å². The Balaban J connectivity index is 1.62. The third-order valence-electron chi connectivity index (χ3n) is 5.21. The van der Waals surface area contributed by atoms with Gasteiger partial charge in [0.05, 0.1) is 33.8 Å². The van der Waals surface area contributed by atoms with Crippen LogP contribution in [0.1, 0.15) is 36.6 Å². The molecule has 0 atom stereocenters. The lowest BCUT2D eigenvalue weighted by molar-refractivity contribution is 0.0596. The Hall–Kier alpha value is -3.88. The van der Waals surface area contributed by atoms with Gasteiger partial charge in [-0.3, -0.25) is 4.79 Å². The summed E-state index contributed by atoms with van der Waals surface area (Å²) in [6, 6.07) is 12.0. The molecule has 0 saturated carbocycles. The molecule has 0 saturated heterocycles. The molecule has 172 valence electrons. The molecule has 0 aliphatic rings. The summed E-state index contributed by atoms with van der Waals surface area (Å²) in [4.78, 5) is 44.0. The highest BCUT2D eigenvalue weighted by molar-refractivity contribution is 6.42. The van der Waals surface area contributed by atoms with E-state index in [0.717, 1.165) is 19.2 Å². The monoisotopic (exact) mass is 498 g/mol. The number of aromatic nitrogens is 2. The van der Waals surface area contributed by atoms with Crippen molar-refractivity contribution in [2.45, 2.75) is 6.42 Å². The fourth-order valence-corrected chi connectivity index (χ4v) is 3.80. The summed E-state index contributed by atoms with van der Waals surface area (Å²) in [7, 11) is 1.15. The zero-order valence-corrected chi connectivity index (χ0v) is 19.1. The van der Waals surface area contributed by atoms with Crippen LogP contribution in [0.4, 0.5) is 0 Å². The average Bonchev–Trinajstić information content (AvgIpc) is 3.22. The van der Waals surface area contributed by atoms with Crippen molar-refractivity contribution < 1.29 is 29.3 Å². The number of phenols is 1. The molecule has 8 nitrogen and oxygen atoms in total. The van der Waals surface area contributed by atoms with Gasteiger partial charge in [0.2, 0.25) is 0 Å². The maximum atomic E-state index is 12.9. The second-order valence-electron chi connectivity index (χ2n) is 7.37. The van der Waals surface area contributed by atoms with Crippen molar-refractivity contribution in [3.8, 4) is 17.1 Å². The number of benzene rings is 3. The van der Waals surface area contributed by atoms with Gasteiger partial charge in [0, 0.05) is 17.5 Å². The summed E-state index contributed by atoms with van der Waals surface area (Å²) in [6.45, 7) is 0. The molecule has 0 bridgehead atoms. The van der Waals surface area contributed by atoms with Gasteiger partial charge >= 0.3 is 11.9 Å². The fourth-order valence-electron chi connectivity index (χ4n) is 3.48. The molecule has 3 aromatic carbocycles. The summed E-state index contributed by atoms with van der Waals surface area (Å²) in [6.07, 6.45) is -0.272. The van der Waals surface area contributed by atoms with Crippen molar-refractivity contribution in [3.05, 3.63) is 80.8 Å². The van der Waals surface area contributed by atoms with E-state index in [9.17, 15) is 24.6 Å². The molecule has 0 amide bonds. The van der Waals surface area contributed by atoms with E-state index in [1.54, 1.807) is 36.4 Å². The van der Waals surface area contributed by atoms with Crippen molar-refractivity contribution in [1.29, 1.82) is 0 Å². The number of H-pyrrole nitrogens is 1. The number of methoxy groups -OCH3 is 1. The maximum Gasteiger partial charge on any atom is 0.339 e. The Kier molecular flexibility index (Phi) is 6.28. The second kappa shape index (κ2) is 9.17. The van der Waals surface area contributed by atoms with Gasteiger partial charge in [-0.15, -0.1) is 0 Å². The molecule has 0 unspecified atom stereocenters. The molecule has 3 N–H and O–H groups in total. The zero-order chi connectivity index (χ0) is 24.6. The first kappa shape index (κ1) is 23.3. The third-order valence-corrected chi connectivity index (χ3v) is 5.93. The Bertz CT molecular complexity index is 1420. The number of imidazole rings is 1. The number of aromatic carboxylic acids is 1. The number of rotatable bonds is 6. The number of esters is 1. The number of nitrogens with zero attached hydrogens (tertiary/aromatic N) is 1. The molecule has 0 aliphatic heterocycles. The predicted molar refractivity (Wildman–Crippen MR) is 126 cm³/mol. The molecular weight excluding hydrogens is 483 g/mol. The number of ether oxygens (including phenoxy) is 1. The highest BCUT2D eigenvalue weighted by Crippen LogP contribution is 2.29. The number of hydrogen-bond acceptors (Lipinski definition) is 6. The molecule has 4 rings (SSSR count). The number of carboxylic acid groups (broad SMARTS) is 1. The molecule has 4 aromatic rings.